The highest BCUT2D eigenvalue weighted by Gasteiger charge is 2.01. The van der Waals surface area contributed by atoms with Crippen molar-refractivity contribution in [3.8, 4) is 0 Å². The standard InChI is InChI=1S/C13H19ClN2OS/c1-2-15-6-7-16-13(17)10-18-9-11-4-3-5-12(14)8-11/h3-5,8,15H,2,6-7,9-10H2,1H3,(H,16,17). The fourth-order valence-corrected chi connectivity index (χ4v) is 2.42. The van der Waals surface area contributed by atoms with Crippen LogP contribution in [0.2, 0.25) is 5.02 Å². The summed E-state index contributed by atoms with van der Waals surface area (Å²) in [5.74, 6) is 1.37. The Morgan fingerprint density at radius 1 is 1.39 bits per heavy atom. The number of halogens is 1. The lowest BCUT2D eigenvalue weighted by molar-refractivity contribution is -0.118. The van der Waals surface area contributed by atoms with E-state index < -0.39 is 0 Å². The van der Waals surface area contributed by atoms with E-state index in [0.29, 0.717) is 12.3 Å². The third-order valence-corrected chi connectivity index (χ3v) is 3.50. The summed E-state index contributed by atoms with van der Waals surface area (Å²) in [6, 6.07) is 7.72. The molecule has 0 aliphatic rings. The summed E-state index contributed by atoms with van der Waals surface area (Å²) in [6.45, 7) is 4.48. The van der Waals surface area contributed by atoms with Crippen molar-refractivity contribution in [3.05, 3.63) is 34.9 Å². The molecule has 0 spiro atoms. The topological polar surface area (TPSA) is 41.1 Å². The summed E-state index contributed by atoms with van der Waals surface area (Å²) in [7, 11) is 0. The molecule has 0 aliphatic carbocycles. The molecular weight excluding hydrogens is 268 g/mol. The van der Waals surface area contributed by atoms with Gasteiger partial charge in [-0.25, -0.2) is 0 Å². The molecule has 1 aromatic rings. The lowest BCUT2D eigenvalue weighted by atomic mass is 10.2. The highest BCUT2D eigenvalue weighted by Crippen LogP contribution is 2.16. The number of carbonyl (C=O) groups is 1. The molecule has 0 fully saturated rings. The Kier molecular flexibility index (Phi) is 7.89. The van der Waals surface area contributed by atoms with E-state index in [2.05, 4.69) is 10.6 Å². The first-order valence-corrected chi connectivity index (χ1v) is 7.55. The number of benzene rings is 1. The largest absolute Gasteiger partial charge is 0.354 e. The van der Waals surface area contributed by atoms with Gasteiger partial charge in [0.05, 0.1) is 5.75 Å². The average Bonchev–Trinajstić information content (AvgIpc) is 2.35. The van der Waals surface area contributed by atoms with Gasteiger partial charge in [-0.15, -0.1) is 11.8 Å². The number of amides is 1. The van der Waals surface area contributed by atoms with Crippen LogP contribution in [0.15, 0.2) is 24.3 Å². The van der Waals surface area contributed by atoms with Crippen LogP contribution in [0.1, 0.15) is 12.5 Å². The molecule has 2 N–H and O–H groups in total. The van der Waals surface area contributed by atoms with Crippen LogP contribution in [0.4, 0.5) is 0 Å². The molecule has 0 saturated heterocycles. The molecule has 0 unspecified atom stereocenters. The molecule has 0 atom stereocenters. The Morgan fingerprint density at radius 2 is 2.22 bits per heavy atom. The number of carbonyl (C=O) groups excluding carboxylic acids is 1. The Bertz CT molecular complexity index is 374. The fourth-order valence-electron chi connectivity index (χ4n) is 1.41. The van der Waals surface area contributed by atoms with Crippen LogP contribution in [0, 0.1) is 0 Å². The van der Waals surface area contributed by atoms with Crippen LogP contribution >= 0.6 is 23.4 Å². The van der Waals surface area contributed by atoms with E-state index in [1.54, 1.807) is 11.8 Å². The minimum absolute atomic E-state index is 0.0833. The summed E-state index contributed by atoms with van der Waals surface area (Å²) in [5, 5.41) is 6.76. The molecule has 0 aliphatic heterocycles. The van der Waals surface area contributed by atoms with E-state index in [-0.39, 0.29) is 5.91 Å². The summed E-state index contributed by atoms with van der Waals surface area (Å²) in [4.78, 5) is 11.5. The first kappa shape index (κ1) is 15.3. The second-order valence-electron chi connectivity index (χ2n) is 3.83. The zero-order chi connectivity index (χ0) is 13.2. The fraction of sp³-hybridized carbons (Fsp3) is 0.462. The minimum atomic E-state index is 0.0833. The maximum Gasteiger partial charge on any atom is 0.230 e. The summed E-state index contributed by atoms with van der Waals surface area (Å²) >= 11 is 7.48. The zero-order valence-electron chi connectivity index (χ0n) is 10.5. The lowest BCUT2D eigenvalue weighted by Crippen LogP contribution is -2.32. The minimum Gasteiger partial charge on any atom is -0.354 e. The predicted molar refractivity (Wildman–Crippen MR) is 79.2 cm³/mol. The number of hydrogen-bond acceptors (Lipinski definition) is 3. The monoisotopic (exact) mass is 286 g/mol. The molecule has 100 valence electrons. The number of thioether (sulfide) groups is 1. The zero-order valence-corrected chi connectivity index (χ0v) is 12.1. The number of likely N-dealkylation sites (N-methyl/N-ethyl adjacent to an activating group) is 1. The van der Waals surface area contributed by atoms with Gasteiger partial charge in [0.1, 0.15) is 0 Å². The quantitative estimate of drug-likeness (QED) is 0.721. The van der Waals surface area contributed by atoms with E-state index in [1.807, 2.05) is 31.2 Å². The Labute approximate surface area is 118 Å². The van der Waals surface area contributed by atoms with Gasteiger partial charge in [0, 0.05) is 23.9 Å². The Morgan fingerprint density at radius 3 is 2.94 bits per heavy atom. The summed E-state index contributed by atoms with van der Waals surface area (Å²) in [6.07, 6.45) is 0. The van der Waals surface area contributed by atoms with Gasteiger partial charge in [-0.2, -0.15) is 0 Å². The first-order chi connectivity index (χ1) is 8.72. The molecule has 1 amide bonds. The molecule has 0 bridgehead atoms. The maximum absolute atomic E-state index is 11.5. The van der Waals surface area contributed by atoms with Crippen LogP contribution in [0.5, 0.6) is 0 Å². The average molecular weight is 287 g/mol. The highest BCUT2D eigenvalue weighted by atomic mass is 35.5. The second-order valence-corrected chi connectivity index (χ2v) is 5.25. The third-order valence-electron chi connectivity index (χ3n) is 2.26. The predicted octanol–water partition coefficient (Wildman–Crippen LogP) is 2.30. The van der Waals surface area contributed by atoms with E-state index >= 15 is 0 Å². The van der Waals surface area contributed by atoms with Crippen molar-refractivity contribution in [2.75, 3.05) is 25.4 Å². The smallest absolute Gasteiger partial charge is 0.230 e. The van der Waals surface area contributed by atoms with E-state index in [0.717, 1.165) is 29.4 Å². The van der Waals surface area contributed by atoms with Crippen molar-refractivity contribution in [3.63, 3.8) is 0 Å². The van der Waals surface area contributed by atoms with Crippen molar-refractivity contribution in [1.82, 2.24) is 10.6 Å². The second kappa shape index (κ2) is 9.25. The lowest BCUT2D eigenvalue weighted by Gasteiger charge is -2.05. The molecular formula is C13H19ClN2OS. The van der Waals surface area contributed by atoms with Crippen LogP contribution in [0.3, 0.4) is 0 Å². The molecule has 0 heterocycles. The van der Waals surface area contributed by atoms with Crippen molar-refractivity contribution in [1.29, 1.82) is 0 Å². The van der Waals surface area contributed by atoms with Gasteiger partial charge >= 0.3 is 0 Å². The van der Waals surface area contributed by atoms with E-state index in [9.17, 15) is 4.79 Å². The molecule has 0 radical (unpaired) electrons. The Hall–Kier alpha value is -0.710. The summed E-state index contributed by atoms with van der Waals surface area (Å²) < 4.78 is 0. The van der Waals surface area contributed by atoms with Crippen LogP contribution in [0.25, 0.3) is 0 Å². The van der Waals surface area contributed by atoms with Gasteiger partial charge in [0.2, 0.25) is 5.91 Å². The Balaban J connectivity index is 2.12. The van der Waals surface area contributed by atoms with Crippen LogP contribution in [-0.2, 0) is 10.5 Å². The maximum atomic E-state index is 11.5. The summed E-state index contributed by atoms with van der Waals surface area (Å²) in [5.41, 5.74) is 1.15. The molecule has 0 aromatic heterocycles. The highest BCUT2D eigenvalue weighted by molar-refractivity contribution is 7.99. The van der Waals surface area contributed by atoms with E-state index in [4.69, 9.17) is 11.6 Å². The van der Waals surface area contributed by atoms with Gasteiger partial charge in [0.25, 0.3) is 0 Å². The van der Waals surface area contributed by atoms with Gasteiger partial charge < -0.3 is 10.6 Å². The molecule has 3 nitrogen and oxygen atoms in total. The van der Waals surface area contributed by atoms with Gasteiger partial charge in [0.15, 0.2) is 0 Å². The van der Waals surface area contributed by atoms with Crippen LogP contribution in [-0.4, -0.2) is 31.3 Å². The molecule has 1 aromatic carbocycles. The van der Waals surface area contributed by atoms with Crippen LogP contribution < -0.4 is 10.6 Å². The SMILES string of the molecule is CCNCCNC(=O)CSCc1cccc(Cl)c1. The molecule has 0 saturated carbocycles. The number of rotatable bonds is 8. The third kappa shape index (κ3) is 6.89. The molecule has 18 heavy (non-hydrogen) atoms. The van der Waals surface area contributed by atoms with E-state index in [1.165, 1.54) is 0 Å². The van der Waals surface area contributed by atoms with Crippen molar-refractivity contribution in [2.45, 2.75) is 12.7 Å². The normalized spacial score (nSPS) is 10.3. The molecule has 1 rings (SSSR count). The van der Waals surface area contributed by atoms with Gasteiger partial charge in [-0.3, -0.25) is 4.79 Å². The van der Waals surface area contributed by atoms with Gasteiger partial charge in [-0.05, 0) is 24.2 Å². The van der Waals surface area contributed by atoms with Crippen molar-refractivity contribution in [2.24, 2.45) is 0 Å². The number of nitrogens with one attached hydrogen (secondary N) is 2. The van der Waals surface area contributed by atoms with Gasteiger partial charge in [-0.1, -0.05) is 30.7 Å². The van der Waals surface area contributed by atoms with Crippen molar-refractivity contribution < 1.29 is 4.79 Å². The molecule has 5 heteroatoms. The first-order valence-electron chi connectivity index (χ1n) is 6.02. The number of hydrogen-bond donors (Lipinski definition) is 2. The van der Waals surface area contributed by atoms with Crippen molar-refractivity contribution >= 4 is 29.3 Å².